The van der Waals surface area contributed by atoms with E-state index >= 15 is 0 Å². The number of nitrogens with two attached hydrogens (primary N) is 1. The molecule has 2 aromatic rings. The Morgan fingerprint density at radius 1 is 1.22 bits per heavy atom. The first kappa shape index (κ1) is 13.4. The molecular weight excluding hydrogens is 264 g/mol. The second-order valence-electron chi connectivity index (χ2n) is 4.03. The van der Waals surface area contributed by atoms with Crippen molar-refractivity contribution < 1.29 is 0 Å². The third-order valence-electron chi connectivity index (χ3n) is 2.74. The van der Waals surface area contributed by atoms with Crippen molar-refractivity contribution in [3.05, 3.63) is 58.2 Å². The molecule has 0 aliphatic rings. The van der Waals surface area contributed by atoms with E-state index in [9.17, 15) is 0 Å². The fourth-order valence-corrected chi connectivity index (χ4v) is 2.84. The second kappa shape index (κ2) is 6.23. The summed E-state index contributed by atoms with van der Waals surface area (Å²) in [5.41, 5.74) is 9.34. The second-order valence-corrected chi connectivity index (χ2v) is 5.43. The van der Waals surface area contributed by atoms with E-state index in [4.69, 9.17) is 17.3 Å². The van der Waals surface area contributed by atoms with E-state index in [0.717, 1.165) is 21.4 Å². The molecule has 2 N–H and O–H groups in total. The number of rotatable bonds is 4. The Balaban J connectivity index is 2.10. The quantitative estimate of drug-likeness (QED) is 0.865. The van der Waals surface area contributed by atoms with Gasteiger partial charge in [-0.05, 0) is 36.2 Å². The van der Waals surface area contributed by atoms with Crippen LogP contribution in [0.2, 0.25) is 5.02 Å². The Hall–Kier alpha value is -1.03. The summed E-state index contributed by atoms with van der Waals surface area (Å²) in [5, 5.41) is 1.78. The Labute approximate surface area is 117 Å². The summed E-state index contributed by atoms with van der Waals surface area (Å²) in [6.45, 7) is 2.60. The van der Waals surface area contributed by atoms with Gasteiger partial charge in [-0.2, -0.15) is 0 Å². The van der Waals surface area contributed by atoms with Crippen molar-refractivity contribution in [1.29, 1.82) is 0 Å². The zero-order chi connectivity index (χ0) is 13.0. The van der Waals surface area contributed by atoms with Gasteiger partial charge in [0.25, 0.3) is 0 Å². The molecule has 18 heavy (non-hydrogen) atoms. The summed E-state index contributed by atoms with van der Waals surface area (Å²) in [6, 6.07) is 9.88. The molecule has 0 atom stereocenters. The summed E-state index contributed by atoms with van der Waals surface area (Å²) in [6.07, 6.45) is 1.83. The molecule has 1 aromatic heterocycles. The number of halogens is 1. The Bertz CT molecular complexity index is 526. The maximum absolute atomic E-state index is 5.86. The van der Waals surface area contributed by atoms with Crippen LogP contribution < -0.4 is 5.73 Å². The lowest BCUT2D eigenvalue weighted by molar-refractivity contribution is 0.942. The number of hydrogen-bond donors (Lipinski definition) is 1. The third kappa shape index (κ3) is 3.25. The summed E-state index contributed by atoms with van der Waals surface area (Å²) >= 11 is 7.57. The Kier molecular flexibility index (Phi) is 4.64. The lowest BCUT2D eigenvalue weighted by Gasteiger charge is -2.09. The Morgan fingerprint density at radius 2 is 1.94 bits per heavy atom. The van der Waals surface area contributed by atoms with Crippen LogP contribution in [0.25, 0.3) is 0 Å². The minimum Gasteiger partial charge on any atom is -0.326 e. The summed E-state index contributed by atoms with van der Waals surface area (Å²) in [4.78, 5) is 4.40. The van der Waals surface area contributed by atoms with Gasteiger partial charge in [-0.15, -0.1) is 11.8 Å². The predicted molar refractivity (Wildman–Crippen MR) is 77.9 cm³/mol. The highest BCUT2D eigenvalue weighted by Crippen LogP contribution is 2.26. The fourth-order valence-electron chi connectivity index (χ4n) is 1.67. The lowest BCUT2D eigenvalue weighted by Crippen LogP contribution is -2.02. The van der Waals surface area contributed by atoms with Gasteiger partial charge in [-0.3, -0.25) is 0 Å². The van der Waals surface area contributed by atoms with E-state index in [0.29, 0.717) is 6.54 Å². The average molecular weight is 279 g/mol. The number of nitrogens with zero attached hydrogens (tertiary/aromatic N) is 1. The zero-order valence-corrected chi connectivity index (χ0v) is 11.8. The van der Waals surface area contributed by atoms with Crippen molar-refractivity contribution in [3.8, 4) is 0 Å². The van der Waals surface area contributed by atoms with Crippen molar-refractivity contribution in [2.24, 2.45) is 5.73 Å². The minimum atomic E-state index is 0.530. The van der Waals surface area contributed by atoms with Crippen molar-refractivity contribution in [2.75, 3.05) is 0 Å². The van der Waals surface area contributed by atoms with Gasteiger partial charge < -0.3 is 5.73 Å². The van der Waals surface area contributed by atoms with Gasteiger partial charge in [0.2, 0.25) is 0 Å². The van der Waals surface area contributed by atoms with Crippen LogP contribution in [0.1, 0.15) is 16.7 Å². The van der Waals surface area contributed by atoms with Gasteiger partial charge in [-0.25, -0.2) is 4.98 Å². The van der Waals surface area contributed by atoms with E-state index < -0.39 is 0 Å². The minimum absolute atomic E-state index is 0.530. The molecule has 1 aromatic carbocycles. The van der Waals surface area contributed by atoms with Crippen LogP contribution in [0.4, 0.5) is 0 Å². The monoisotopic (exact) mass is 278 g/mol. The molecule has 94 valence electrons. The molecule has 0 saturated carbocycles. The highest BCUT2D eigenvalue weighted by Gasteiger charge is 2.06. The normalized spacial score (nSPS) is 10.6. The first-order valence-corrected chi connectivity index (χ1v) is 7.09. The molecule has 0 bridgehead atoms. The topological polar surface area (TPSA) is 38.9 Å². The van der Waals surface area contributed by atoms with Crippen LogP contribution in [-0.4, -0.2) is 4.98 Å². The van der Waals surface area contributed by atoms with Crippen molar-refractivity contribution in [1.82, 2.24) is 4.98 Å². The number of aryl methyl sites for hydroxylation is 1. The molecule has 0 unspecified atom stereocenters. The number of aromatic nitrogens is 1. The third-order valence-corrected chi connectivity index (χ3v) is 4.10. The molecule has 0 amide bonds. The maximum Gasteiger partial charge on any atom is 0.101 e. The van der Waals surface area contributed by atoms with Crippen molar-refractivity contribution in [2.45, 2.75) is 24.2 Å². The molecule has 0 radical (unpaired) electrons. The fraction of sp³-hybridized carbons (Fsp3) is 0.214. The summed E-state index contributed by atoms with van der Waals surface area (Å²) < 4.78 is 0. The number of hydrogen-bond acceptors (Lipinski definition) is 3. The van der Waals surface area contributed by atoms with Gasteiger partial charge >= 0.3 is 0 Å². The molecule has 0 fully saturated rings. The van der Waals surface area contributed by atoms with Crippen molar-refractivity contribution in [3.63, 3.8) is 0 Å². The van der Waals surface area contributed by atoms with Crippen LogP contribution in [0, 0.1) is 6.92 Å². The number of thioether (sulfide) groups is 1. The summed E-state index contributed by atoms with van der Waals surface area (Å²) in [7, 11) is 0. The van der Waals surface area contributed by atoms with Crippen LogP contribution in [0.3, 0.4) is 0 Å². The molecule has 0 saturated heterocycles. The van der Waals surface area contributed by atoms with Crippen LogP contribution >= 0.6 is 23.4 Å². The zero-order valence-electron chi connectivity index (χ0n) is 10.2. The van der Waals surface area contributed by atoms with Gasteiger partial charge in [0.15, 0.2) is 0 Å². The largest absolute Gasteiger partial charge is 0.326 e. The molecule has 2 nitrogen and oxygen atoms in total. The smallest absolute Gasteiger partial charge is 0.101 e. The molecular formula is C14H15ClN2S. The average Bonchev–Trinajstić information content (AvgIpc) is 2.38. The highest BCUT2D eigenvalue weighted by molar-refractivity contribution is 7.98. The number of pyridine rings is 1. The predicted octanol–water partition coefficient (Wildman–Crippen LogP) is 3.79. The molecule has 0 aliphatic carbocycles. The van der Waals surface area contributed by atoms with E-state index in [2.05, 4.69) is 11.9 Å². The van der Waals surface area contributed by atoms with Gasteiger partial charge in [-0.1, -0.05) is 23.7 Å². The standard InChI is InChI=1S/C14H15ClN2S/c1-10-6-7-17-14(13(10)8-16)18-9-11-2-4-12(15)5-3-11/h2-7H,8-9,16H2,1H3. The van der Waals surface area contributed by atoms with Crippen LogP contribution in [-0.2, 0) is 12.3 Å². The van der Waals surface area contributed by atoms with Crippen LogP contribution in [0.15, 0.2) is 41.6 Å². The first-order chi connectivity index (χ1) is 8.70. The first-order valence-electron chi connectivity index (χ1n) is 5.72. The molecule has 4 heteroatoms. The molecule has 2 rings (SSSR count). The summed E-state index contributed by atoms with van der Waals surface area (Å²) in [5.74, 6) is 0.876. The van der Waals surface area contributed by atoms with E-state index in [-0.39, 0.29) is 0 Å². The lowest BCUT2D eigenvalue weighted by atomic mass is 10.2. The van der Waals surface area contributed by atoms with Gasteiger partial charge in [0.1, 0.15) is 5.03 Å². The van der Waals surface area contributed by atoms with E-state index in [1.807, 2.05) is 36.5 Å². The highest BCUT2D eigenvalue weighted by atomic mass is 35.5. The molecule has 1 heterocycles. The molecule has 0 aliphatic heterocycles. The number of benzene rings is 1. The maximum atomic E-state index is 5.86. The van der Waals surface area contributed by atoms with Crippen molar-refractivity contribution >= 4 is 23.4 Å². The van der Waals surface area contributed by atoms with E-state index in [1.54, 1.807) is 11.8 Å². The van der Waals surface area contributed by atoms with E-state index in [1.165, 1.54) is 11.1 Å². The van der Waals surface area contributed by atoms with Crippen LogP contribution in [0.5, 0.6) is 0 Å². The Morgan fingerprint density at radius 3 is 2.61 bits per heavy atom. The van der Waals surface area contributed by atoms with Gasteiger partial charge in [0.05, 0.1) is 0 Å². The molecule has 0 spiro atoms. The van der Waals surface area contributed by atoms with Gasteiger partial charge in [0, 0.05) is 29.1 Å². The SMILES string of the molecule is Cc1ccnc(SCc2ccc(Cl)cc2)c1CN.